The number of phenolic OH excluding ortho intramolecular Hbond substituents is 1. The molecule has 1 atom stereocenters. The van der Waals surface area contributed by atoms with Crippen molar-refractivity contribution in [3.8, 4) is 5.75 Å². The van der Waals surface area contributed by atoms with Crippen molar-refractivity contribution in [1.29, 1.82) is 0 Å². The largest absolute Gasteiger partial charge is 0.508 e. The number of aryl methyl sites for hydroxylation is 1. The molecule has 2 aliphatic heterocycles. The molecule has 152 valence electrons. The molecule has 6 nitrogen and oxygen atoms in total. The minimum absolute atomic E-state index is 0.0434. The molecule has 2 saturated heterocycles. The SMILES string of the molecule is O=C1NCCN1c1cccc(C(=O)N2CCCC[C@@H]2CCc2ccc(O)cc2)c1. The molecule has 0 bridgehead atoms. The second kappa shape index (κ2) is 8.55. The highest BCUT2D eigenvalue weighted by Crippen LogP contribution is 2.26. The first kappa shape index (κ1) is 19.3. The zero-order valence-electron chi connectivity index (χ0n) is 16.5. The maximum Gasteiger partial charge on any atom is 0.321 e. The summed E-state index contributed by atoms with van der Waals surface area (Å²) in [5.74, 6) is 0.316. The molecule has 2 fully saturated rings. The predicted molar refractivity (Wildman–Crippen MR) is 112 cm³/mol. The van der Waals surface area contributed by atoms with Gasteiger partial charge in [-0.2, -0.15) is 0 Å². The van der Waals surface area contributed by atoms with Crippen molar-refractivity contribution >= 4 is 17.6 Å². The van der Waals surface area contributed by atoms with Gasteiger partial charge in [0.05, 0.1) is 0 Å². The molecule has 0 saturated carbocycles. The number of urea groups is 1. The van der Waals surface area contributed by atoms with Crippen molar-refractivity contribution in [1.82, 2.24) is 10.2 Å². The summed E-state index contributed by atoms with van der Waals surface area (Å²) in [4.78, 5) is 28.9. The number of piperidine rings is 1. The van der Waals surface area contributed by atoms with E-state index in [1.54, 1.807) is 17.0 Å². The Bertz CT molecular complexity index is 881. The van der Waals surface area contributed by atoms with Crippen LogP contribution in [0.2, 0.25) is 0 Å². The third-order valence-corrected chi connectivity index (χ3v) is 5.85. The molecular formula is C23H27N3O3. The molecule has 0 aliphatic carbocycles. The van der Waals surface area contributed by atoms with Crippen molar-refractivity contribution in [2.24, 2.45) is 0 Å². The summed E-state index contributed by atoms with van der Waals surface area (Å²) < 4.78 is 0. The van der Waals surface area contributed by atoms with Gasteiger partial charge in [-0.05, 0) is 68.0 Å². The highest BCUT2D eigenvalue weighted by Gasteiger charge is 2.28. The van der Waals surface area contributed by atoms with Crippen molar-refractivity contribution < 1.29 is 14.7 Å². The summed E-state index contributed by atoms with van der Waals surface area (Å²) in [7, 11) is 0. The summed E-state index contributed by atoms with van der Waals surface area (Å²) in [6, 6.07) is 14.8. The first-order valence-electron chi connectivity index (χ1n) is 10.4. The Morgan fingerprint density at radius 3 is 2.69 bits per heavy atom. The summed E-state index contributed by atoms with van der Waals surface area (Å²) in [6.45, 7) is 2.02. The zero-order chi connectivity index (χ0) is 20.2. The maximum atomic E-state index is 13.3. The Labute approximate surface area is 171 Å². The average molecular weight is 393 g/mol. The lowest BCUT2D eigenvalue weighted by Gasteiger charge is -2.36. The molecule has 6 heteroatoms. The lowest BCUT2D eigenvalue weighted by Crippen LogP contribution is -2.44. The molecule has 2 aromatic rings. The summed E-state index contributed by atoms with van der Waals surface area (Å²) in [5.41, 5.74) is 2.57. The number of carbonyl (C=O) groups excluding carboxylic acids is 2. The third-order valence-electron chi connectivity index (χ3n) is 5.85. The first-order valence-corrected chi connectivity index (χ1v) is 10.4. The molecular weight excluding hydrogens is 366 g/mol. The molecule has 2 aliphatic rings. The smallest absolute Gasteiger partial charge is 0.321 e. The van der Waals surface area contributed by atoms with Crippen molar-refractivity contribution in [3.05, 3.63) is 59.7 Å². The highest BCUT2D eigenvalue weighted by molar-refractivity contribution is 5.98. The number of amides is 3. The average Bonchev–Trinajstić information content (AvgIpc) is 3.19. The Balaban J connectivity index is 1.47. The molecule has 4 rings (SSSR count). The van der Waals surface area contributed by atoms with Crippen LogP contribution in [0.5, 0.6) is 5.75 Å². The minimum Gasteiger partial charge on any atom is -0.508 e. The van der Waals surface area contributed by atoms with Gasteiger partial charge in [-0.3, -0.25) is 9.69 Å². The summed E-state index contributed by atoms with van der Waals surface area (Å²) in [5, 5.41) is 12.2. The van der Waals surface area contributed by atoms with Gasteiger partial charge >= 0.3 is 6.03 Å². The van der Waals surface area contributed by atoms with Gasteiger partial charge in [0, 0.05) is 36.9 Å². The number of hydrogen-bond acceptors (Lipinski definition) is 3. The normalized spacial score (nSPS) is 19.3. The molecule has 2 heterocycles. The molecule has 0 aromatic heterocycles. The number of likely N-dealkylation sites (tertiary alicyclic amines) is 1. The molecule has 0 radical (unpaired) electrons. The van der Waals surface area contributed by atoms with E-state index in [9.17, 15) is 14.7 Å². The lowest BCUT2D eigenvalue weighted by atomic mass is 9.95. The number of nitrogens with one attached hydrogen (secondary N) is 1. The van der Waals surface area contributed by atoms with Crippen molar-refractivity contribution in [2.75, 3.05) is 24.5 Å². The predicted octanol–water partition coefficient (Wildman–Crippen LogP) is 3.55. The van der Waals surface area contributed by atoms with Crippen LogP contribution in [0.1, 0.15) is 41.6 Å². The van der Waals surface area contributed by atoms with E-state index < -0.39 is 0 Å². The van der Waals surface area contributed by atoms with Crippen LogP contribution in [0.15, 0.2) is 48.5 Å². The first-order chi connectivity index (χ1) is 14.1. The van der Waals surface area contributed by atoms with Gasteiger partial charge in [0.2, 0.25) is 0 Å². The molecule has 0 unspecified atom stereocenters. The van der Waals surface area contributed by atoms with E-state index in [0.29, 0.717) is 18.7 Å². The van der Waals surface area contributed by atoms with Crippen LogP contribution in [-0.2, 0) is 6.42 Å². The van der Waals surface area contributed by atoms with Crippen LogP contribution in [0.25, 0.3) is 0 Å². The number of anilines is 1. The number of aromatic hydroxyl groups is 1. The molecule has 2 aromatic carbocycles. The zero-order valence-corrected chi connectivity index (χ0v) is 16.5. The van der Waals surface area contributed by atoms with Crippen LogP contribution in [0, 0.1) is 0 Å². The fourth-order valence-electron chi connectivity index (χ4n) is 4.25. The maximum absolute atomic E-state index is 13.3. The van der Waals surface area contributed by atoms with E-state index in [4.69, 9.17) is 0 Å². The van der Waals surface area contributed by atoms with Crippen LogP contribution in [0.4, 0.5) is 10.5 Å². The summed E-state index contributed by atoms with van der Waals surface area (Å²) >= 11 is 0. The van der Waals surface area contributed by atoms with Gasteiger partial charge in [0.15, 0.2) is 0 Å². The van der Waals surface area contributed by atoms with Gasteiger partial charge in [-0.1, -0.05) is 18.2 Å². The molecule has 0 spiro atoms. The molecule has 3 amide bonds. The fourth-order valence-corrected chi connectivity index (χ4v) is 4.25. The fraction of sp³-hybridized carbons (Fsp3) is 0.391. The van der Waals surface area contributed by atoms with E-state index >= 15 is 0 Å². The Hall–Kier alpha value is -3.02. The Kier molecular flexibility index (Phi) is 5.69. The highest BCUT2D eigenvalue weighted by atomic mass is 16.3. The number of carbonyl (C=O) groups is 2. The van der Waals surface area contributed by atoms with Gasteiger partial charge in [-0.15, -0.1) is 0 Å². The van der Waals surface area contributed by atoms with E-state index in [1.165, 1.54) is 5.56 Å². The number of phenols is 1. The van der Waals surface area contributed by atoms with Gasteiger partial charge in [-0.25, -0.2) is 4.79 Å². The Morgan fingerprint density at radius 2 is 1.93 bits per heavy atom. The van der Waals surface area contributed by atoms with Crippen LogP contribution in [-0.4, -0.2) is 47.6 Å². The van der Waals surface area contributed by atoms with Crippen LogP contribution in [0.3, 0.4) is 0 Å². The van der Waals surface area contributed by atoms with Gasteiger partial charge in [0.1, 0.15) is 5.75 Å². The Morgan fingerprint density at radius 1 is 1.10 bits per heavy atom. The van der Waals surface area contributed by atoms with Crippen molar-refractivity contribution in [3.63, 3.8) is 0 Å². The van der Waals surface area contributed by atoms with E-state index in [2.05, 4.69) is 5.32 Å². The van der Waals surface area contributed by atoms with Crippen LogP contribution < -0.4 is 10.2 Å². The molecule has 2 N–H and O–H groups in total. The van der Waals surface area contributed by atoms with E-state index in [1.807, 2.05) is 41.3 Å². The van der Waals surface area contributed by atoms with Gasteiger partial charge in [0.25, 0.3) is 5.91 Å². The third kappa shape index (κ3) is 4.36. The second-order valence-electron chi connectivity index (χ2n) is 7.79. The topological polar surface area (TPSA) is 72.9 Å². The van der Waals surface area contributed by atoms with Crippen LogP contribution >= 0.6 is 0 Å². The summed E-state index contributed by atoms with van der Waals surface area (Å²) in [6.07, 6.45) is 4.96. The van der Waals surface area contributed by atoms with E-state index in [0.717, 1.165) is 44.3 Å². The quantitative estimate of drug-likeness (QED) is 0.816. The van der Waals surface area contributed by atoms with Crippen molar-refractivity contribution in [2.45, 2.75) is 38.1 Å². The number of nitrogens with zero attached hydrogens (tertiary/aromatic N) is 2. The molecule has 29 heavy (non-hydrogen) atoms. The number of rotatable bonds is 5. The number of benzene rings is 2. The standard InChI is InChI=1S/C23H27N3O3/c27-21-11-8-17(9-12-21)7-10-19-5-1-2-14-25(19)22(28)18-4-3-6-20(16-18)26-15-13-24-23(26)29/h3-4,6,8-9,11-12,16,19,27H,1-2,5,7,10,13-15H2,(H,24,29)/t19-/m1/s1. The number of hydrogen-bond donors (Lipinski definition) is 2. The minimum atomic E-state index is -0.112. The second-order valence-corrected chi connectivity index (χ2v) is 7.79. The van der Waals surface area contributed by atoms with E-state index in [-0.39, 0.29) is 23.7 Å². The van der Waals surface area contributed by atoms with Gasteiger partial charge < -0.3 is 15.3 Å². The monoisotopic (exact) mass is 393 g/mol. The lowest BCUT2D eigenvalue weighted by molar-refractivity contribution is 0.0602.